The molecule has 0 unspecified atom stereocenters. The van der Waals surface area contributed by atoms with E-state index in [-0.39, 0.29) is 0 Å². The zero-order valence-corrected chi connectivity index (χ0v) is 7.44. The van der Waals surface area contributed by atoms with Crippen LogP contribution in [0.4, 0.5) is 0 Å². The van der Waals surface area contributed by atoms with Crippen LogP contribution in [0.15, 0.2) is 42.7 Å². The van der Waals surface area contributed by atoms with E-state index >= 15 is 0 Å². The maximum atomic E-state index is 2.20. The van der Waals surface area contributed by atoms with E-state index in [4.69, 9.17) is 0 Å². The van der Waals surface area contributed by atoms with Crippen molar-refractivity contribution in [1.82, 2.24) is 8.97 Å². The van der Waals surface area contributed by atoms with E-state index in [1.54, 1.807) is 0 Å². The third kappa shape index (κ3) is 0.773. The third-order valence-electron chi connectivity index (χ3n) is 2.49. The van der Waals surface area contributed by atoms with Crippen molar-refractivity contribution in [3.05, 3.63) is 42.7 Å². The smallest absolute Gasteiger partial charge is 0.124 e. The molecule has 3 rings (SSSR count). The SMILES string of the molecule is Cn1ccc2cc3ccccn3c21. The quantitative estimate of drug-likeness (QED) is 0.490. The largest absolute Gasteiger partial charge is 0.337 e. The molecule has 0 fully saturated rings. The average Bonchev–Trinajstić information content (AvgIpc) is 2.66. The monoisotopic (exact) mass is 170 g/mol. The van der Waals surface area contributed by atoms with Gasteiger partial charge >= 0.3 is 0 Å². The van der Waals surface area contributed by atoms with Crippen LogP contribution in [0.5, 0.6) is 0 Å². The Hall–Kier alpha value is -1.70. The molecule has 0 N–H and O–H groups in total. The van der Waals surface area contributed by atoms with Gasteiger partial charge in [-0.2, -0.15) is 0 Å². The number of aromatic nitrogens is 2. The van der Waals surface area contributed by atoms with Crippen LogP contribution in [-0.4, -0.2) is 8.97 Å². The summed E-state index contributed by atoms with van der Waals surface area (Å²) < 4.78 is 4.34. The lowest BCUT2D eigenvalue weighted by molar-refractivity contribution is 0.936. The number of hydrogen-bond acceptors (Lipinski definition) is 0. The first-order valence-corrected chi connectivity index (χ1v) is 4.37. The lowest BCUT2D eigenvalue weighted by Gasteiger charge is -1.97. The normalized spacial score (nSPS) is 11.5. The molecule has 0 spiro atoms. The van der Waals surface area contributed by atoms with E-state index in [0.29, 0.717) is 0 Å². The van der Waals surface area contributed by atoms with Gasteiger partial charge in [0, 0.05) is 30.3 Å². The molecular formula is C11H10N2. The first kappa shape index (κ1) is 6.78. The highest BCUT2D eigenvalue weighted by molar-refractivity contribution is 5.85. The highest BCUT2D eigenvalue weighted by atomic mass is 15.1. The lowest BCUT2D eigenvalue weighted by Crippen LogP contribution is -1.89. The van der Waals surface area contributed by atoms with Crippen LogP contribution in [0.2, 0.25) is 0 Å². The van der Waals surface area contributed by atoms with Crippen molar-refractivity contribution in [1.29, 1.82) is 0 Å². The summed E-state index contributed by atoms with van der Waals surface area (Å²) >= 11 is 0. The minimum atomic E-state index is 1.25. The van der Waals surface area contributed by atoms with Crippen molar-refractivity contribution in [2.24, 2.45) is 7.05 Å². The predicted molar refractivity (Wildman–Crippen MR) is 53.9 cm³/mol. The van der Waals surface area contributed by atoms with Crippen molar-refractivity contribution < 1.29 is 0 Å². The Morgan fingerprint density at radius 3 is 2.92 bits per heavy atom. The fourth-order valence-electron chi connectivity index (χ4n) is 1.89. The number of pyridine rings is 1. The van der Waals surface area contributed by atoms with Crippen LogP contribution in [0, 0.1) is 0 Å². The van der Waals surface area contributed by atoms with Gasteiger partial charge in [0.1, 0.15) is 5.65 Å². The van der Waals surface area contributed by atoms with Crippen LogP contribution in [-0.2, 0) is 7.05 Å². The van der Waals surface area contributed by atoms with Crippen LogP contribution in [0.1, 0.15) is 0 Å². The Balaban J connectivity index is 2.66. The highest BCUT2D eigenvalue weighted by Gasteiger charge is 2.03. The summed E-state index contributed by atoms with van der Waals surface area (Å²) in [5.41, 5.74) is 2.51. The topological polar surface area (TPSA) is 9.34 Å². The molecule has 0 aliphatic rings. The van der Waals surface area contributed by atoms with Crippen LogP contribution in [0.25, 0.3) is 16.6 Å². The van der Waals surface area contributed by atoms with E-state index in [2.05, 4.69) is 58.7 Å². The molecule has 0 atom stereocenters. The molecule has 0 aliphatic carbocycles. The summed E-state index contributed by atoms with van der Waals surface area (Å²) in [6, 6.07) is 10.6. The maximum absolute atomic E-state index is 2.20. The summed E-state index contributed by atoms with van der Waals surface area (Å²) in [6.07, 6.45) is 4.18. The Bertz CT molecular complexity index is 572. The summed E-state index contributed by atoms with van der Waals surface area (Å²) in [5.74, 6) is 0. The molecule has 2 nitrogen and oxygen atoms in total. The molecule has 0 saturated heterocycles. The zero-order chi connectivity index (χ0) is 8.84. The van der Waals surface area contributed by atoms with Crippen molar-refractivity contribution in [2.75, 3.05) is 0 Å². The van der Waals surface area contributed by atoms with E-state index < -0.39 is 0 Å². The average molecular weight is 170 g/mol. The minimum absolute atomic E-state index is 1.25. The Morgan fingerprint density at radius 1 is 1.08 bits per heavy atom. The van der Waals surface area contributed by atoms with E-state index in [0.717, 1.165) is 0 Å². The van der Waals surface area contributed by atoms with Gasteiger partial charge in [0.15, 0.2) is 0 Å². The van der Waals surface area contributed by atoms with Crippen LogP contribution >= 0.6 is 0 Å². The van der Waals surface area contributed by atoms with E-state index in [9.17, 15) is 0 Å². The van der Waals surface area contributed by atoms with Gasteiger partial charge in [-0.3, -0.25) is 0 Å². The molecular weight excluding hydrogens is 160 g/mol. The van der Waals surface area contributed by atoms with Gasteiger partial charge in [-0.1, -0.05) is 6.07 Å². The first-order chi connectivity index (χ1) is 6.36. The molecule has 0 aromatic carbocycles. The molecule has 3 heterocycles. The summed E-state index contributed by atoms with van der Waals surface area (Å²) in [6.45, 7) is 0. The second-order valence-electron chi connectivity index (χ2n) is 3.35. The summed E-state index contributed by atoms with van der Waals surface area (Å²) in [7, 11) is 2.07. The molecule has 0 bridgehead atoms. The molecule has 3 aromatic heterocycles. The number of aryl methyl sites for hydroxylation is 1. The number of rotatable bonds is 0. The molecule has 13 heavy (non-hydrogen) atoms. The van der Waals surface area contributed by atoms with Crippen molar-refractivity contribution in [3.8, 4) is 0 Å². The van der Waals surface area contributed by atoms with Crippen LogP contribution in [0.3, 0.4) is 0 Å². The number of nitrogens with zero attached hydrogens (tertiary/aromatic N) is 2. The molecule has 64 valence electrons. The fraction of sp³-hybridized carbons (Fsp3) is 0.0909. The van der Waals surface area contributed by atoms with Gasteiger partial charge in [-0.05, 0) is 24.3 Å². The molecule has 0 aliphatic heterocycles. The Morgan fingerprint density at radius 2 is 2.00 bits per heavy atom. The lowest BCUT2D eigenvalue weighted by atomic mass is 10.4. The van der Waals surface area contributed by atoms with Gasteiger partial charge in [-0.25, -0.2) is 0 Å². The van der Waals surface area contributed by atoms with Crippen LogP contribution < -0.4 is 0 Å². The molecule has 3 aromatic rings. The molecule has 0 amide bonds. The zero-order valence-electron chi connectivity index (χ0n) is 7.44. The summed E-state index contributed by atoms with van der Waals surface area (Å²) in [5, 5.41) is 1.30. The predicted octanol–water partition coefficient (Wildman–Crippen LogP) is 2.43. The summed E-state index contributed by atoms with van der Waals surface area (Å²) in [4.78, 5) is 0. The van der Waals surface area contributed by atoms with Gasteiger partial charge < -0.3 is 8.97 Å². The van der Waals surface area contributed by atoms with Gasteiger partial charge in [0.05, 0.1) is 0 Å². The first-order valence-electron chi connectivity index (χ1n) is 4.37. The number of hydrogen-bond donors (Lipinski definition) is 0. The van der Waals surface area contributed by atoms with E-state index in [1.807, 2.05) is 0 Å². The van der Waals surface area contributed by atoms with E-state index in [1.165, 1.54) is 16.6 Å². The minimum Gasteiger partial charge on any atom is -0.337 e. The van der Waals surface area contributed by atoms with Crippen molar-refractivity contribution in [3.63, 3.8) is 0 Å². The molecule has 0 saturated carbocycles. The standard InChI is InChI=1S/C11H10N2/c1-12-7-5-9-8-10-4-2-3-6-13(10)11(9)12/h2-8H,1H3. The maximum Gasteiger partial charge on any atom is 0.124 e. The molecule has 2 heteroatoms. The van der Waals surface area contributed by atoms with Gasteiger partial charge in [0.25, 0.3) is 0 Å². The van der Waals surface area contributed by atoms with Crippen molar-refractivity contribution >= 4 is 16.6 Å². The van der Waals surface area contributed by atoms with Gasteiger partial charge in [-0.15, -0.1) is 0 Å². The third-order valence-corrected chi connectivity index (χ3v) is 2.49. The number of fused-ring (bicyclic) bond motifs is 3. The second kappa shape index (κ2) is 2.16. The second-order valence-corrected chi connectivity index (χ2v) is 3.35. The molecule has 0 radical (unpaired) electrons. The Labute approximate surface area is 76.0 Å². The van der Waals surface area contributed by atoms with Gasteiger partial charge in [0.2, 0.25) is 0 Å². The Kier molecular flexibility index (Phi) is 1.13. The fourth-order valence-corrected chi connectivity index (χ4v) is 1.89. The van der Waals surface area contributed by atoms with Crippen molar-refractivity contribution in [2.45, 2.75) is 0 Å². The highest BCUT2D eigenvalue weighted by Crippen LogP contribution is 2.19.